The molecule has 5 nitrogen and oxygen atoms in total. The summed E-state index contributed by atoms with van der Waals surface area (Å²) in [6.45, 7) is 9.86. The lowest BCUT2D eigenvalue weighted by Gasteiger charge is -2.20. The summed E-state index contributed by atoms with van der Waals surface area (Å²) in [5.74, 6) is 0.149. The molecule has 148 valence electrons. The van der Waals surface area contributed by atoms with Crippen molar-refractivity contribution in [2.75, 3.05) is 18.5 Å². The summed E-state index contributed by atoms with van der Waals surface area (Å²) in [4.78, 5) is 25.1. The van der Waals surface area contributed by atoms with Crippen molar-refractivity contribution in [1.29, 1.82) is 0 Å². The lowest BCUT2D eigenvalue weighted by atomic mass is 9.92. The number of hydrogen-bond acceptors (Lipinski definition) is 3. The highest BCUT2D eigenvalue weighted by molar-refractivity contribution is 6.00. The number of hydrogen-bond donors (Lipinski definition) is 2. The highest BCUT2D eigenvalue weighted by atomic mass is 16.5. The van der Waals surface area contributed by atoms with Gasteiger partial charge in [-0.3, -0.25) is 9.59 Å². The summed E-state index contributed by atoms with van der Waals surface area (Å²) in [6, 6.07) is 6.20. The Labute approximate surface area is 162 Å². The molecule has 0 aromatic heterocycles. The third-order valence-corrected chi connectivity index (χ3v) is 5.61. The summed E-state index contributed by atoms with van der Waals surface area (Å²) in [7, 11) is 0. The Morgan fingerprint density at radius 1 is 1.07 bits per heavy atom. The summed E-state index contributed by atoms with van der Waals surface area (Å²) >= 11 is 0. The van der Waals surface area contributed by atoms with Crippen molar-refractivity contribution >= 4 is 17.5 Å². The third-order valence-electron chi connectivity index (χ3n) is 5.61. The minimum absolute atomic E-state index is 0.0214. The van der Waals surface area contributed by atoms with Crippen LogP contribution in [0.2, 0.25) is 0 Å². The van der Waals surface area contributed by atoms with Crippen molar-refractivity contribution in [3.63, 3.8) is 0 Å². The van der Waals surface area contributed by atoms with E-state index >= 15 is 0 Å². The van der Waals surface area contributed by atoms with Gasteiger partial charge in [0.2, 0.25) is 11.8 Å². The maximum Gasteiger partial charge on any atom is 0.228 e. The van der Waals surface area contributed by atoms with Crippen molar-refractivity contribution in [2.45, 2.75) is 64.9 Å². The van der Waals surface area contributed by atoms with Crippen molar-refractivity contribution in [3.05, 3.63) is 29.3 Å². The molecule has 1 saturated carbocycles. The largest absolute Gasteiger partial charge is 0.376 e. The van der Waals surface area contributed by atoms with E-state index in [1.54, 1.807) is 0 Å². The monoisotopic (exact) mass is 372 g/mol. The molecule has 2 aliphatic rings. The summed E-state index contributed by atoms with van der Waals surface area (Å²) in [6.07, 6.45) is 2.82. The van der Waals surface area contributed by atoms with Gasteiger partial charge in [0, 0.05) is 18.8 Å². The first-order valence-corrected chi connectivity index (χ1v) is 10.2. The number of anilines is 1. The van der Waals surface area contributed by atoms with Gasteiger partial charge in [0.25, 0.3) is 0 Å². The van der Waals surface area contributed by atoms with Gasteiger partial charge >= 0.3 is 0 Å². The van der Waals surface area contributed by atoms with Gasteiger partial charge in [-0.25, -0.2) is 0 Å². The third kappa shape index (κ3) is 4.70. The molecule has 27 heavy (non-hydrogen) atoms. The molecule has 5 heteroatoms. The summed E-state index contributed by atoms with van der Waals surface area (Å²) in [5, 5.41) is 6.09. The molecule has 1 aliphatic heterocycles. The quantitative estimate of drug-likeness (QED) is 0.765. The Balaban J connectivity index is 1.60. The van der Waals surface area contributed by atoms with Crippen LogP contribution >= 0.6 is 0 Å². The Hall–Kier alpha value is -1.88. The van der Waals surface area contributed by atoms with Gasteiger partial charge < -0.3 is 15.4 Å². The molecule has 0 bridgehead atoms. The zero-order chi connectivity index (χ0) is 19.6. The first-order valence-electron chi connectivity index (χ1n) is 10.2. The van der Waals surface area contributed by atoms with Crippen molar-refractivity contribution < 1.29 is 14.3 Å². The second-order valence-corrected chi connectivity index (χ2v) is 8.44. The highest BCUT2D eigenvalue weighted by Gasteiger charge is 2.48. The average Bonchev–Trinajstić information content (AvgIpc) is 3.27. The minimum atomic E-state index is -0.227. The standard InChI is InChI=1S/C22H32N2O3/c1-13(2)16-8-5-9-17(14(3)4)20(16)24-22(26)19-11-18(19)21(25)23-12-15-7-6-10-27-15/h5,8-9,13-15,18-19H,6-7,10-12H2,1-4H3,(H,23,25)(H,24,26). The predicted molar refractivity (Wildman–Crippen MR) is 107 cm³/mol. The van der Waals surface area contributed by atoms with E-state index in [1.807, 2.05) is 0 Å². The van der Waals surface area contributed by atoms with Crippen molar-refractivity contribution in [1.82, 2.24) is 5.32 Å². The van der Waals surface area contributed by atoms with Crippen LogP contribution < -0.4 is 10.6 Å². The Morgan fingerprint density at radius 2 is 1.70 bits per heavy atom. The average molecular weight is 373 g/mol. The molecule has 1 saturated heterocycles. The minimum Gasteiger partial charge on any atom is -0.376 e. The number of ether oxygens (including phenoxy) is 1. The number of amides is 2. The van der Waals surface area contributed by atoms with Gasteiger partial charge in [0.1, 0.15) is 0 Å². The van der Waals surface area contributed by atoms with Crippen LogP contribution in [0.3, 0.4) is 0 Å². The molecule has 3 atom stereocenters. The lowest BCUT2D eigenvalue weighted by molar-refractivity contribution is -0.125. The fourth-order valence-electron chi connectivity index (χ4n) is 3.84. The van der Waals surface area contributed by atoms with E-state index in [0.29, 0.717) is 24.8 Å². The molecule has 1 aromatic carbocycles. The second kappa shape index (κ2) is 8.42. The van der Waals surface area contributed by atoms with Crippen LogP contribution in [0.4, 0.5) is 5.69 Å². The molecule has 3 unspecified atom stereocenters. The van der Waals surface area contributed by atoms with Crippen LogP contribution in [-0.2, 0) is 14.3 Å². The first-order chi connectivity index (χ1) is 12.9. The number of benzene rings is 1. The zero-order valence-corrected chi connectivity index (χ0v) is 16.9. The zero-order valence-electron chi connectivity index (χ0n) is 16.9. The maximum atomic E-state index is 12.8. The molecule has 1 aromatic rings. The number of para-hydroxylation sites is 1. The topological polar surface area (TPSA) is 67.4 Å². The van der Waals surface area contributed by atoms with E-state index in [1.165, 1.54) is 0 Å². The van der Waals surface area contributed by atoms with Crippen LogP contribution in [0, 0.1) is 11.8 Å². The van der Waals surface area contributed by atoms with Gasteiger partial charge in [-0.2, -0.15) is 0 Å². The number of nitrogens with one attached hydrogen (secondary N) is 2. The molecule has 2 fully saturated rings. The SMILES string of the molecule is CC(C)c1cccc(C(C)C)c1NC(=O)C1CC1C(=O)NCC1CCCO1. The van der Waals surface area contributed by atoms with Crippen LogP contribution in [-0.4, -0.2) is 31.1 Å². The molecule has 3 rings (SSSR count). The molecule has 2 amide bonds. The van der Waals surface area contributed by atoms with Crippen molar-refractivity contribution in [3.8, 4) is 0 Å². The van der Waals surface area contributed by atoms with E-state index in [-0.39, 0.29) is 29.8 Å². The normalized spacial score (nSPS) is 24.3. The van der Waals surface area contributed by atoms with Gasteiger partial charge in [0.15, 0.2) is 0 Å². The van der Waals surface area contributed by atoms with Gasteiger partial charge in [0.05, 0.1) is 17.9 Å². The first kappa shape index (κ1) is 19.9. The summed E-state index contributed by atoms with van der Waals surface area (Å²) < 4.78 is 5.53. The Morgan fingerprint density at radius 3 is 2.26 bits per heavy atom. The molecule has 1 heterocycles. The Bertz CT molecular complexity index is 667. The van der Waals surface area contributed by atoms with Crippen molar-refractivity contribution in [2.24, 2.45) is 11.8 Å². The highest BCUT2D eigenvalue weighted by Crippen LogP contribution is 2.41. The molecule has 1 aliphatic carbocycles. The molecule has 0 spiro atoms. The van der Waals surface area contributed by atoms with Crippen LogP contribution in [0.25, 0.3) is 0 Å². The van der Waals surface area contributed by atoms with Gasteiger partial charge in [-0.15, -0.1) is 0 Å². The van der Waals surface area contributed by atoms with E-state index < -0.39 is 0 Å². The lowest BCUT2D eigenvalue weighted by Crippen LogP contribution is -2.33. The predicted octanol–water partition coefficient (Wildman–Crippen LogP) is 3.80. The van der Waals surface area contributed by atoms with E-state index in [2.05, 4.69) is 56.5 Å². The van der Waals surface area contributed by atoms with Crippen LogP contribution in [0.1, 0.15) is 69.9 Å². The van der Waals surface area contributed by atoms with Crippen LogP contribution in [0.15, 0.2) is 18.2 Å². The van der Waals surface area contributed by atoms with Gasteiger partial charge in [-0.1, -0.05) is 45.9 Å². The molecule has 0 radical (unpaired) electrons. The fourth-order valence-corrected chi connectivity index (χ4v) is 3.84. The van der Waals surface area contributed by atoms with E-state index in [0.717, 1.165) is 36.3 Å². The molecule has 2 N–H and O–H groups in total. The van der Waals surface area contributed by atoms with Gasteiger partial charge in [-0.05, 0) is 42.2 Å². The summed E-state index contributed by atoms with van der Waals surface area (Å²) in [5.41, 5.74) is 3.22. The maximum absolute atomic E-state index is 12.8. The smallest absolute Gasteiger partial charge is 0.228 e. The van der Waals surface area contributed by atoms with E-state index in [4.69, 9.17) is 4.74 Å². The number of carbonyl (C=O) groups is 2. The van der Waals surface area contributed by atoms with E-state index in [9.17, 15) is 9.59 Å². The second-order valence-electron chi connectivity index (χ2n) is 8.44. The molecular formula is C22H32N2O3. The molecular weight excluding hydrogens is 340 g/mol. The van der Waals surface area contributed by atoms with Crippen LogP contribution in [0.5, 0.6) is 0 Å². The fraction of sp³-hybridized carbons (Fsp3) is 0.636. The Kier molecular flexibility index (Phi) is 6.20. The number of rotatable bonds is 7. The number of carbonyl (C=O) groups excluding carboxylic acids is 2.